The minimum Gasteiger partial charge on any atom is -0.377 e. The molecular formula is C16H24O6S. The van der Waals surface area contributed by atoms with E-state index in [9.17, 15) is 8.42 Å². The molecule has 6 nitrogen and oxygen atoms in total. The fraction of sp³-hybridized carbons (Fsp3) is 0.625. The predicted octanol–water partition coefficient (Wildman–Crippen LogP) is 1.74. The van der Waals surface area contributed by atoms with E-state index in [0.29, 0.717) is 26.4 Å². The lowest BCUT2D eigenvalue weighted by Crippen LogP contribution is -2.27. The summed E-state index contributed by atoms with van der Waals surface area (Å²) in [4.78, 5) is 0. The highest BCUT2D eigenvalue weighted by molar-refractivity contribution is 7.85. The zero-order chi connectivity index (χ0) is 16.5. The lowest BCUT2D eigenvalue weighted by molar-refractivity contribution is 0.000587. The van der Waals surface area contributed by atoms with Crippen molar-refractivity contribution in [3.8, 4) is 0 Å². The van der Waals surface area contributed by atoms with Crippen LogP contribution in [0.5, 0.6) is 0 Å². The Morgan fingerprint density at radius 2 is 1.91 bits per heavy atom. The van der Waals surface area contributed by atoms with Crippen LogP contribution in [-0.4, -0.2) is 53.3 Å². The molecule has 1 aromatic rings. The first-order valence-corrected chi connectivity index (χ1v) is 9.55. The molecule has 0 saturated carbocycles. The normalized spacial score (nSPS) is 18.7. The second-order valence-electron chi connectivity index (χ2n) is 5.51. The number of ether oxygens (including phenoxy) is 3. The maximum absolute atomic E-state index is 11.0. The summed E-state index contributed by atoms with van der Waals surface area (Å²) in [5, 5.41) is 0. The topological polar surface area (TPSA) is 74.4 Å². The number of hydrogen-bond acceptors (Lipinski definition) is 6. The van der Waals surface area contributed by atoms with Crippen molar-refractivity contribution < 1.29 is 26.8 Å². The van der Waals surface area contributed by atoms with Crippen molar-refractivity contribution in [3.63, 3.8) is 0 Å². The van der Waals surface area contributed by atoms with Crippen molar-refractivity contribution in [3.05, 3.63) is 35.9 Å². The summed E-state index contributed by atoms with van der Waals surface area (Å²) in [6, 6.07) is 10.0. The van der Waals surface area contributed by atoms with E-state index in [1.54, 1.807) is 0 Å². The fourth-order valence-corrected chi connectivity index (χ4v) is 2.41. The standard InChI is InChI=1S/C16H24O6S/c1-23(17,18)22-13-16(15-12-21-15)20-10-6-5-9-19-11-14-7-3-2-4-8-14/h2-4,7-8,15-16H,5-6,9-13H2,1H3/t15-,16-/m0/s1. The summed E-state index contributed by atoms with van der Waals surface area (Å²) >= 11 is 0. The van der Waals surface area contributed by atoms with Gasteiger partial charge in [-0.25, -0.2) is 0 Å². The monoisotopic (exact) mass is 344 g/mol. The van der Waals surface area contributed by atoms with Crippen molar-refractivity contribution >= 4 is 10.1 Å². The Kier molecular flexibility index (Phi) is 7.45. The molecule has 2 atom stereocenters. The number of epoxide rings is 1. The third-order valence-corrected chi connectivity index (χ3v) is 3.91. The summed E-state index contributed by atoms with van der Waals surface area (Å²) in [6.07, 6.45) is 2.39. The van der Waals surface area contributed by atoms with E-state index in [2.05, 4.69) is 0 Å². The van der Waals surface area contributed by atoms with Gasteiger partial charge in [-0.15, -0.1) is 0 Å². The molecule has 0 aliphatic carbocycles. The van der Waals surface area contributed by atoms with Crippen molar-refractivity contribution in [1.29, 1.82) is 0 Å². The van der Waals surface area contributed by atoms with Crippen LogP contribution in [0.25, 0.3) is 0 Å². The predicted molar refractivity (Wildman–Crippen MR) is 85.6 cm³/mol. The number of rotatable bonds is 12. The lowest BCUT2D eigenvalue weighted by Gasteiger charge is -2.15. The molecule has 23 heavy (non-hydrogen) atoms. The first-order chi connectivity index (χ1) is 11.0. The molecule has 1 saturated heterocycles. The molecule has 0 unspecified atom stereocenters. The highest BCUT2D eigenvalue weighted by Gasteiger charge is 2.34. The Bertz CT molecular complexity index is 541. The quantitative estimate of drug-likeness (QED) is 0.327. The molecule has 2 rings (SSSR count). The minimum absolute atomic E-state index is 0.00794. The van der Waals surface area contributed by atoms with Crippen LogP contribution in [0.3, 0.4) is 0 Å². The Balaban J connectivity index is 1.51. The summed E-state index contributed by atoms with van der Waals surface area (Å²) in [5.41, 5.74) is 1.16. The van der Waals surface area contributed by atoms with Crippen LogP contribution in [0.4, 0.5) is 0 Å². The highest BCUT2D eigenvalue weighted by Crippen LogP contribution is 2.18. The van der Waals surface area contributed by atoms with Crippen molar-refractivity contribution in [2.24, 2.45) is 0 Å². The van der Waals surface area contributed by atoms with E-state index in [0.717, 1.165) is 24.7 Å². The molecule has 7 heteroatoms. The third-order valence-electron chi connectivity index (χ3n) is 3.35. The summed E-state index contributed by atoms with van der Waals surface area (Å²) in [6.45, 7) is 2.42. The van der Waals surface area contributed by atoms with E-state index >= 15 is 0 Å². The Morgan fingerprint density at radius 1 is 1.22 bits per heavy atom. The van der Waals surface area contributed by atoms with Gasteiger partial charge in [-0.1, -0.05) is 30.3 Å². The van der Waals surface area contributed by atoms with Gasteiger partial charge in [0.25, 0.3) is 10.1 Å². The van der Waals surface area contributed by atoms with Gasteiger partial charge in [0.2, 0.25) is 0 Å². The van der Waals surface area contributed by atoms with E-state index in [4.69, 9.17) is 18.4 Å². The molecule has 1 aliphatic heterocycles. The molecule has 0 aromatic heterocycles. The van der Waals surface area contributed by atoms with Crippen LogP contribution in [0.2, 0.25) is 0 Å². The molecule has 1 fully saturated rings. The Hall–Kier alpha value is -0.990. The van der Waals surface area contributed by atoms with Crippen LogP contribution in [0.15, 0.2) is 30.3 Å². The molecule has 0 N–H and O–H groups in total. The molecule has 1 aliphatic rings. The molecule has 130 valence electrons. The van der Waals surface area contributed by atoms with Gasteiger partial charge in [-0.2, -0.15) is 8.42 Å². The summed E-state index contributed by atoms with van der Waals surface area (Å²) in [5.74, 6) is 0. The van der Waals surface area contributed by atoms with Crippen LogP contribution in [-0.2, 0) is 35.1 Å². The molecule has 0 amide bonds. The van der Waals surface area contributed by atoms with Gasteiger partial charge < -0.3 is 14.2 Å². The third kappa shape index (κ3) is 8.43. The van der Waals surface area contributed by atoms with E-state index in [-0.39, 0.29) is 18.8 Å². The van der Waals surface area contributed by atoms with Gasteiger partial charge in [0, 0.05) is 13.2 Å². The van der Waals surface area contributed by atoms with Crippen LogP contribution < -0.4 is 0 Å². The van der Waals surface area contributed by atoms with E-state index in [1.165, 1.54) is 0 Å². The largest absolute Gasteiger partial charge is 0.377 e. The van der Waals surface area contributed by atoms with Crippen molar-refractivity contribution in [1.82, 2.24) is 0 Å². The minimum atomic E-state index is -3.45. The second-order valence-corrected chi connectivity index (χ2v) is 7.16. The number of unbranched alkanes of at least 4 members (excludes halogenated alkanes) is 1. The van der Waals surface area contributed by atoms with Crippen molar-refractivity contribution in [2.75, 3.05) is 32.7 Å². The molecule has 0 radical (unpaired) electrons. The number of benzene rings is 1. The van der Waals surface area contributed by atoms with Crippen LogP contribution in [0.1, 0.15) is 18.4 Å². The maximum atomic E-state index is 11.0. The zero-order valence-electron chi connectivity index (χ0n) is 13.3. The SMILES string of the molecule is CS(=O)(=O)OC[C@H](OCCCCOCc1ccccc1)[C@@H]1CO1. The molecule has 1 aromatic carbocycles. The fourth-order valence-electron chi connectivity index (χ4n) is 2.03. The Labute approximate surface area is 137 Å². The summed E-state index contributed by atoms with van der Waals surface area (Å²) in [7, 11) is -3.45. The Morgan fingerprint density at radius 3 is 2.57 bits per heavy atom. The highest BCUT2D eigenvalue weighted by atomic mass is 32.2. The van der Waals surface area contributed by atoms with Gasteiger partial charge in [-0.05, 0) is 18.4 Å². The summed E-state index contributed by atoms with van der Waals surface area (Å²) < 4.78 is 43.2. The first-order valence-electron chi connectivity index (χ1n) is 7.74. The van der Waals surface area contributed by atoms with Gasteiger partial charge in [-0.3, -0.25) is 4.18 Å². The molecule has 1 heterocycles. The van der Waals surface area contributed by atoms with E-state index < -0.39 is 10.1 Å². The maximum Gasteiger partial charge on any atom is 0.264 e. The van der Waals surface area contributed by atoms with Gasteiger partial charge in [0.15, 0.2) is 0 Å². The first kappa shape index (κ1) is 18.4. The van der Waals surface area contributed by atoms with Crippen molar-refractivity contribution in [2.45, 2.75) is 31.7 Å². The van der Waals surface area contributed by atoms with E-state index in [1.807, 2.05) is 30.3 Å². The molecular weight excluding hydrogens is 320 g/mol. The second kappa shape index (κ2) is 9.34. The average Bonchev–Trinajstić information content (AvgIpc) is 3.34. The lowest BCUT2D eigenvalue weighted by atomic mass is 10.2. The average molecular weight is 344 g/mol. The zero-order valence-corrected chi connectivity index (χ0v) is 14.2. The smallest absolute Gasteiger partial charge is 0.264 e. The van der Waals surface area contributed by atoms with Gasteiger partial charge >= 0.3 is 0 Å². The van der Waals surface area contributed by atoms with Gasteiger partial charge in [0.1, 0.15) is 12.2 Å². The molecule has 0 bridgehead atoms. The van der Waals surface area contributed by atoms with Gasteiger partial charge in [0.05, 0.1) is 26.1 Å². The van der Waals surface area contributed by atoms with Crippen LogP contribution >= 0.6 is 0 Å². The number of hydrogen-bond donors (Lipinski definition) is 0. The van der Waals surface area contributed by atoms with Crippen LogP contribution in [0, 0.1) is 0 Å². The molecule has 0 spiro atoms.